The third-order valence-electron chi connectivity index (χ3n) is 6.74. The van der Waals surface area contributed by atoms with Gasteiger partial charge in [0.2, 0.25) is 5.91 Å². The highest BCUT2D eigenvalue weighted by Crippen LogP contribution is 2.39. The molecule has 28 heavy (non-hydrogen) atoms. The van der Waals surface area contributed by atoms with Crippen molar-refractivity contribution in [2.24, 2.45) is 5.92 Å². The Balaban J connectivity index is 1.32. The highest BCUT2D eigenvalue weighted by Gasteiger charge is 2.42. The van der Waals surface area contributed by atoms with E-state index in [2.05, 4.69) is 0 Å². The predicted molar refractivity (Wildman–Crippen MR) is 108 cm³/mol. The lowest BCUT2D eigenvalue weighted by Gasteiger charge is -2.46. The monoisotopic (exact) mass is 384 g/mol. The van der Waals surface area contributed by atoms with Crippen molar-refractivity contribution in [2.45, 2.75) is 57.5 Å². The van der Waals surface area contributed by atoms with Gasteiger partial charge in [0.15, 0.2) is 0 Å². The first-order valence-electron chi connectivity index (χ1n) is 10.8. The van der Waals surface area contributed by atoms with E-state index in [0.717, 1.165) is 82.4 Å². The smallest absolute Gasteiger partial charge is 0.253 e. The summed E-state index contributed by atoms with van der Waals surface area (Å²) < 4.78 is 6.23. The van der Waals surface area contributed by atoms with Crippen molar-refractivity contribution in [3.63, 3.8) is 0 Å². The number of amides is 2. The Hall–Kier alpha value is -1.88. The average Bonchev–Trinajstić information content (AvgIpc) is 3.23. The molecule has 3 saturated heterocycles. The number of rotatable bonds is 3. The lowest BCUT2D eigenvalue weighted by Crippen LogP contribution is -2.51. The standard InChI is InChI=1S/C23H32N2O3/c1-18-5-4-6-20(15-18)22(27)25-12-8-23(9-13-25)17-19(7-14-28-23)16-21(26)24-10-2-3-11-24/h4-6,15,19H,2-3,7-14,16-17H2,1H3. The van der Waals surface area contributed by atoms with Crippen LogP contribution in [0.25, 0.3) is 0 Å². The maximum absolute atomic E-state index is 12.8. The van der Waals surface area contributed by atoms with Crippen LogP contribution in [-0.4, -0.2) is 60.0 Å². The molecular formula is C23H32N2O3. The molecule has 3 aliphatic heterocycles. The molecular weight excluding hydrogens is 352 g/mol. The van der Waals surface area contributed by atoms with Gasteiger partial charge >= 0.3 is 0 Å². The number of hydrogen-bond acceptors (Lipinski definition) is 3. The molecule has 0 radical (unpaired) electrons. The van der Waals surface area contributed by atoms with Crippen LogP contribution in [0.15, 0.2) is 24.3 Å². The van der Waals surface area contributed by atoms with E-state index >= 15 is 0 Å². The van der Waals surface area contributed by atoms with E-state index in [1.165, 1.54) is 0 Å². The second-order valence-electron chi connectivity index (χ2n) is 8.84. The first-order valence-corrected chi connectivity index (χ1v) is 10.8. The van der Waals surface area contributed by atoms with Crippen LogP contribution in [0.1, 0.15) is 60.9 Å². The second kappa shape index (κ2) is 8.24. The number of ether oxygens (including phenoxy) is 1. The number of benzene rings is 1. The van der Waals surface area contributed by atoms with Gasteiger partial charge in [-0.3, -0.25) is 9.59 Å². The molecule has 1 unspecified atom stereocenters. The molecule has 3 heterocycles. The first-order chi connectivity index (χ1) is 13.5. The van der Waals surface area contributed by atoms with Gasteiger partial charge in [0.25, 0.3) is 5.91 Å². The van der Waals surface area contributed by atoms with Gasteiger partial charge in [-0.05, 0) is 63.5 Å². The predicted octanol–water partition coefficient (Wildman–Crippen LogP) is 3.41. The number of piperidine rings is 1. The third kappa shape index (κ3) is 4.24. The van der Waals surface area contributed by atoms with Gasteiger partial charge in [0.05, 0.1) is 5.60 Å². The van der Waals surface area contributed by atoms with E-state index in [1.54, 1.807) is 0 Å². The zero-order chi connectivity index (χ0) is 19.6. The molecule has 0 bridgehead atoms. The Morgan fingerprint density at radius 1 is 1.11 bits per heavy atom. The minimum atomic E-state index is -0.141. The van der Waals surface area contributed by atoms with Crippen molar-refractivity contribution in [3.8, 4) is 0 Å². The molecule has 3 fully saturated rings. The van der Waals surface area contributed by atoms with E-state index in [4.69, 9.17) is 4.74 Å². The average molecular weight is 385 g/mol. The Morgan fingerprint density at radius 2 is 1.86 bits per heavy atom. The van der Waals surface area contributed by atoms with Crippen LogP contribution in [-0.2, 0) is 9.53 Å². The van der Waals surface area contributed by atoms with Crippen LogP contribution in [0, 0.1) is 12.8 Å². The van der Waals surface area contributed by atoms with Crippen LogP contribution in [0.2, 0.25) is 0 Å². The van der Waals surface area contributed by atoms with E-state index < -0.39 is 0 Å². The molecule has 2 amide bonds. The van der Waals surface area contributed by atoms with Crippen LogP contribution >= 0.6 is 0 Å². The lowest BCUT2D eigenvalue weighted by atomic mass is 9.78. The normalized spacial score (nSPS) is 24.5. The van der Waals surface area contributed by atoms with Gasteiger partial charge in [0.1, 0.15) is 0 Å². The summed E-state index contributed by atoms with van der Waals surface area (Å²) in [4.78, 5) is 29.4. The summed E-state index contributed by atoms with van der Waals surface area (Å²) >= 11 is 0. The van der Waals surface area contributed by atoms with Gasteiger partial charge in [-0.25, -0.2) is 0 Å². The van der Waals surface area contributed by atoms with Crippen LogP contribution in [0.3, 0.4) is 0 Å². The van der Waals surface area contributed by atoms with E-state index in [1.807, 2.05) is 41.0 Å². The molecule has 0 N–H and O–H groups in total. The van der Waals surface area contributed by atoms with E-state index in [0.29, 0.717) is 18.2 Å². The Morgan fingerprint density at radius 3 is 2.57 bits per heavy atom. The fourth-order valence-corrected chi connectivity index (χ4v) is 5.07. The number of nitrogens with zero attached hydrogens (tertiary/aromatic N) is 2. The molecule has 0 aromatic heterocycles. The summed E-state index contributed by atoms with van der Waals surface area (Å²) in [5.41, 5.74) is 1.74. The summed E-state index contributed by atoms with van der Waals surface area (Å²) in [6, 6.07) is 7.82. The number of carbonyl (C=O) groups is 2. The van der Waals surface area contributed by atoms with Crippen LogP contribution in [0.4, 0.5) is 0 Å². The van der Waals surface area contributed by atoms with Crippen molar-refractivity contribution >= 4 is 11.8 Å². The zero-order valence-electron chi connectivity index (χ0n) is 17.0. The maximum atomic E-state index is 12.8. The second-order valence-corrected chi connectivity index (χ2v) is 8.84. The molecule has 0 saturated carbocycles. The minimum Gasteiger partial charge on any atom is -0.375 e. The molecule has 5 nitrogen and oxygen atoms in total. The molecule has 1 atom stereocenters. The molecule has 1 spiro atoms. The topological polar surface area (TPSA) is 49.9 Å². The van der Waals surface area contributed by atoms with Crippen molar-refractivity contribution in [1.82, 2.24) is 9.80 Å². The van der Waals surface area contributed by atoms with Crippen molar-refractivity contribution in [2.75, 3.05) is 32.8 Å². The Kier molecular flexibility index (Phi) is 5.72. The lowest BCUT2D eigenvalue weighted by molar-refractivity contribution is -0.140. The number of likely N-dealkylation sites (tertiary alicyclic amines) is 2. The van der Waals surface area contributed by atoms with Gasteiger partial charge in [-0.15, -0.1) is 0 Å². The molecule has 0 aliphatic carbocycles. The minimum absolute atomic E-state index is 0.120. The van der Waals surface area contributed by atoms with E-state index in [9.17, 15) is 9.59 Å². The van der Waals surface area contributed by atoms with Crippen molar-refractivity contribution in [1.29, 1.82) is 0 Å². The molecule has 1 aromatic rings. The first kappa shape index (κ1) is 19.4. The molecule has 1 aromatic carbocycles. The van der Waals surface area contributed by atoms with Gasteiger partial charge in [-0.2, -0.15) is 0 Å². The Labute approximate surface area is 168 Å². The van der Waals surface area contributed by atoms with Crippen molar-refractivity contribution in [3.05, 3.63) is 35.4 Å². The van der Waals surface area contributed by atoms with E-state index in [-0.39, 0.29) is 11.5 Å². The fraction of sp³-hybridized carbons (Fsp3) is 0.652. The molecule has 3 aliphatic rings. The fourth-order valence-electron chi connectivity index (χ4n) is 5.07. The number of hydrogen-bond donors (Lipinski definition) is 0. The SMILES string of the molecule is Cc1cccc(C(=O)N2CCC3(CC2)CC(CC(=O)N2CCCC2)CCO3)c1. The van der Waals surface area contributed by atoms with Crippen LogP contribution < -0.4 is 0 Å². The summed E-state index contributed by atoms with van der Waals surface area (Å²) in [7, 11) is 0. The molecule has 5 heteroatoms. The molecule has 4 rings (SSSR count). The van der Waals surface area contributed by atoms with Gasteiger partial charge in [-0.1, -0.05) is 17.7 Å². The molecule has 152 valence electrons. The van der Waals surface area contributed by atoms with Gasteiger partial charge < -0.3 is 14.5 Å². The highest BCUT2D eigenvalue weighted by molar-refractivity contribution is 5.94. The number of carbonyl (C=O) groups excluding carboxylic acids is 2. The summed E-state index contributed by atoms with van der Waals surface area (Å²) in [5.74, 6) is 0.864. The number of aryl methyl sites for hydroxylation is 1. The van der Waals surface area contributed by atoms with Crippen LogP contribution in [0.5, 0.6) is 0 Å². The summed E-state index contributed by atoms with van der Waals surface area (Å²) in [6.07, 6.45) is 6.64. The third-order valence-corrected chi connectivity index (χ3v) is 6.74. The largest absolute Gasteiger partial charge is 0.375 e. The highest BCUT2D eigenvalue weighted by atomic mass is 16.5. The van der Waals surface area contributed by atoms with Crippen molar-refractivity contribution < 1.29 is 14.3 Å². The Bertz CT molecular complexity index is 718. The maximum Gasteiger partial charge on any atom is 0.253 e. The summed E-state index contributed by atoms with van der Waals surface area (Å²) in [5, 5.41) is 0. The summed E-state index contributed by atoms with van der Waals surface area (Å²) in [6.45, 7) is 6.09. The zero-order valence-corrected chi connectivity index (χ0v) is 17.0. The quantitative estimate of drug-likeness (QED) is 0.802. The van der Waals surface area contributed by atoms with Gasteiger partial charge in [0, 0.05) is 44.8 Å².